The van der Waals surface area contributed by atoms with Gasteiger partial charge in [-0.05, 0) is 38.7 Å². The fourth-order valence-corrected chi connectivity index (χ4v) is 1.64. The molecule has 19 heavy (non-hydrogen) atoms. The molecule has 1 aromatic carbocycles. The lowest BCUT2D eigenvalue weighted by atomic mass is 10.1. The molecule has 0 aliphatic heterocycles. The lowest BCUT2D eigenvalue weighted by Crippen LogP contribution is -2.32. The zero-order chi connectivity index (χ0) is 14.3. The number of nitrogens with one attached hydrogen (secondary N) is 4. The Balaban J connectivity index is 2.64. The topological polar surface area (TPSA) is 88.6 Å². The van der Waals surface area contributed by atoms with E-state index in [4.69, 9.17) is 0 Å². The summed E-state index contributed by atoms with van der Waals surface area (Å²) < 4.78 is 0. The third kappa shape index (κ3) is 5.04. The van der Waals surface area contributed by atoms with Crippen LogP contribution in [-0.4, -0.2) is 49.9 Å². The van der Waals surface area contributed by atoms with Gasteiger partial charge in [0.05, 0.1) is 13.1 Å². The summed E-state index contributed by atoms with van der Waals surface area (Å²) in [7, 11) is 3.41. The van der Waals surface area contributed by atoms with E-state index in [0.29, 0.717) is 13.1 Å². The molecule has 0 amide bonds. The van der Waals surface area contributed by atoms with Gasteiger partial charge in [-0.2, -0.15) is 0 Å². The van der Waals surface area contributed by atoms with Crippen LogP contribution in [0.15, 0.2) is 18.2 Å². The smallest absolute Gasteiger partial charge is 0.122 e. The van der Waals surface area contributed by atoms with Gasteiger partial charge in [0, 0.05) is 11.4 Å². The maximum Gasteiger partial charge on any atom is 0.122 e. The van der Waals surface area contributed by atoms with E-state index >= 15 is 0 Å². The van der Waals surface area contributed by atoms with Crippen molar-refractivity contribution in [2.45, 2.75) is 19.4 Å². The fraction of sp³-hybridized carbons (Fsp3) is 0.538. The van der Waals surface area contributed by atoms with Gasteiger partial charge in [-0.25, -0.2) is 0 Å². The van der Waals surface area contributed by atoms with Crippen molar-refractivity contribution in [3.05, 3.63) is 23.8 Å². The van der Waals surface area contributed by atoms with Crippen molar-refractivity contribution >= 4 is 11.4 Å². The summed E-state index contributed by atoms with van der Waals surface area (Å²) in [6.07, 6.45) is -1.16. The van der Waals surface area contributed by atoms with Crippen LogP contribution >= 0.6 is 0 Å². The van der Waals surface area contributed by atoms with Gasteiger partial charge in [0.25, 0.3) is 0 Å². The van der Waals surface area contributed by atoms with Gasteiger partial charge in [0.1, 0.15) is 12.5 Å². The molecular formula is C13H24N4O2. The minimum Gasteiger partial charge on any atom is -0.381 e. The predicted octanol–water partition coefficient (Wildman–Crippen LogP) is -0.106. The lowest BCUT2D eigenvalue weighted by Gasteiger charge is -2.18. The molecule has 0 heterocycles. The molecule has 6 nitrogen and oxygen atoms in total. The number of benzene rings is 1. The first-order valence-corrected chi connectivity index (χ1v) is 6.36. The number of hydrogen-bond acceptors (Lipinski definition) is 6. The molecule has 6 N–H and O–H groups in total. The molecule has 6 heteroatoms. The van der Waals surface area contributed by atoms with Crippen LogP contribution in [0.1, 0.15) is 5.56 Å². The third-order valence-electron chi connectivity index (χ3n) is 2.97. The average Bonchev–Trinajstić information content (AvgIpc) is 2.44. The van der Waals surface area contributed by atoms with Crippen LogP contribution in [0.25, 0.3) is 0 Å². The van der Waals surface area contributed by atoms with E-state index in [2.05, 4.69) is 21.3 Å². The molecule has 1 rings (SSSR count). The summed E-state index contributed by atoms with van der Waals surface area (Å²) in [5.74, 6) is 0. The molecule has 0 spiro atoms. The van der Waals surface area contributed by atoms with Crippen molar-refractivity contribution in [1.29, 1.82) is 0 Å². The average molecular weight is 268 g/mol. The number of aliphatic hydroxyl groups is 2. The summed E-state index contributed by atoms with van der Waals surface area (Å²) >= 11 is 0. The van der Waals surface area contributed by atoms with Crippen LogP contribution in [0, 0.1) is 6.92 Å². The molecule has 0 saturated heterocycles. The molecule has 108 valence electrons. The van der Waals surface area contributed by atoms with Crippen molar-refractivity contribution < 1.29 is 10.2 Å². The molecular weight excluding hydrogens is 244 g/mol. The molecule has 0 aromatic heterocycles. The molecule has 1 aromatic rings. The van der Waals surface area contributed by atoms with E-state index < -0.39 is 12.5 Å². The second kappa shape index (κ2) is 7.96. The van der Waals surface area contributed by atoms with Crippen LogP contribution in [0.2, 0.25) is 0 Å². The number of likely N-dealkylation sites (N-methyl/N-ethyl adjacent to an activating group) is 2. The summed E-state index contributed by atoms with van der Waals surface area (Å²) in [6, 6.07) is 5.84. The standard InChI is InChI=1S/C13H24N4O2/c1-9-10(16-7-12(18)14-2)5-4-6-11(9)17-8-13(19)15-3/h4-6,12-19H,7-8H2,1-3H3. The molecule has 2 unspecified atom stereocenters. The normalized spacial score (nSPS) is 13.9. The van der Waals surface area contributed by atoms with Gasteiger partial charge in [-0.1, -0.05) is 6.07 Å². The maximum absolute atomic E-state index is 9.46. The Morgan fingerprint density at radius 3 is 1.74 bits per heavy atom. The minimum absolute atomic E-state index is 0.430. The molecule has 0 aliphatic carbocycles. The van der Waals surface area contributed by atoms with Gasteiger partial charge in [-0.3, -0.25) is 10.6 Å². The van der Waals surface area contributed by atoms with Crippen LogP contribution in [0.4, 0.5) is 11.4 Å². The maximum atomic E-state index is 9.46. The van der Waals surface area contributed by atoms with Gasteiger partial charge < -0.3 is 20.8 Å². The van der Waals surface area contributed by atoms with Gasteiger partial charge in [0.2, 0.25) is 0 Å². The van der Waals surface area contributed by atoms with E-state index in [-0.39, 0.29) is 0 Å². The summed E-state index contributed by atoms with van der Waals surface area (Å²) in [5, 5.41) is 30.8. The monoisotopic (exact) mass is 268 g/mol. The Morgan fingerprint density at radius 1 is 0.947 bits per heavy atom. The SMILES string of the molecule is CNC(O)CNc1cccc(NCC(O)NC)c1C. The Hall–Kier alpha value is -1.34. The highest BCUT2D eigenvalue weighted by atomic mass is 16.3. The van der Waals surface area contributed by atoms with Gasteiger partial charge in [0.15, 0.2) is 0 Å². The Bertz CT molecular complexity index is 355. The second-order valence-electron chi connectivity index (χ2n) is 4.35. The zero-order valence-corrected chi connectivity index (χ0v) is 11.7. The van der Waals surface area contributed by atoms with Crippen LogP contribution in [-0.2, 0) is 0 Å². The van der Waals surface area contributed by atoms with E-state index in [9.17, 15) is 10.2 Å². The number of hydrogen-bond donors (Lipinski definition) is 6. The summed E-state index contributed by atoms with van der Waals surface area (Å²) in [6.45, 7) is 2.85. The minimum atomic E-state index is -0.581. The van der Waals surface area contributed by atoms with Crippen molar-refractivity contribution in [2.24, 2.45) is 0 Å². The number of aliphatic hydroxyl groups excluding tert-OH is 2. The first kappa shape index (κ1) is 15.7. The van der Waals surface area contributed by atoms with Crippen molar-refractivity contribution in [3.63, 3.8) is 0 Å². The second-order valence-corrected chi connectivity index (χ2v) is 4.35. The summed E-state index contributed by atoms with van der Waals surface area (Å²) in [4.78, 5) is 0. The quantitative estimate of drug-likeness (QED) is 0.369. The van der Waals surface area contributed by atoms with Crippen LogP contribution in [0.3, 0.4) is 0 Å². The largest absolute Gasteiger partial charge is 0.381 e. The third-order valence-corrected chi connectivity index (χ3v) is 2.97. The molecule has 0 bridgehead atoms. The fourth-order valence-electron chi connectivity index (χ4n) is 1.64. The molecule has 0 aliphatic rings. The first-order valence-electron chi connectivity index (χ1n) is 6.36. The number of anilines is 2. The van der Waals surface area contributed by atoms with Crippen molar-refractivity contribution in [3.8, 4) is 0 Å². The molecule has 0 saturated carbocycles. The molecule has 0 fully saturated rings. The van der Waals surface area contributed by atoms with Crippen LogP contribution < -0.4 is 21.3 Å². The Morgan fingerprint density at radius 2 is 1.37 bits per heavy atom. The predicted molar refractivity (Wildman–Crippen MR) is 78.3 cm³/mol. The van der Waals surface area contributed by atoms with E-state index in [1.807, 2.05) is 25.1 Å². The summed E-state index contributed by atoms with van der Waals surface area (Å²) in [5.41, 5.74) is 2.96. The number of rotatable bonds is 8. The highest BCUT2D eigenvalue weighted by Gasteiger charge is 2.06. The molecule has 0 radical (unpaired) electrons. The molecule has 2 atom stereocenters. The highest BCUT2D eigenvalue weighted by molar-refractivity contribution is 5.65. The first-order chi connectivity index (χ1) is 9.08. The van der Waals surface area contributed by atoms with E-state index in [0.717, 1.165) is 16.9 Å². The van der Waals surface area contributed by atoms with Crippen LogP contribution in [0.5, 0.6) is 0 Å². The Kier molecular flexibility index (Phi) is 6.58. The van der Waals surface area contributed by atoms with Gasteiger partial charge >= 0.3 is 0 Å². The Labute approximate surface area is 114 Å². The van der Waals surface area contributed by atoms with E-state index in [1.165, 1.54) is 0 Å². The zero-order valence-electron chi connectivity index (χ0n) is 11.7. The highest BCUT2D eigenvalue weighted by Crippen LogP contribution is 2.23. The van der Waals surface area contributed by atoms with Crippen molar-refractivity contribution in [2.75, 3.05) is 37.8 Å². The lowest BCUT2D eigenvalue weighted by molar-refractivity contribution is 0.159. The van der Waals surface area contributed by atoms with Gasteiger partial charge in [-0.15, -0.1) is 0 Å². The van der Waals surface area contributed by atoms with E-state index in [1.54, 1.807) is 14.1 Å². The van der Waals surface area contributed by atoms with Crippen molar-refractivity contribution in [1.82, 2.24) is 10.6 Å².